The second-order valence-electron chi connectivity index (χ2n) is 5.34. The zero-order chi connectivity index (χ0) is 13.3. The third-order valence-electron chi connectivity index (χ3n) is 3.66. The third-order valence-corrected chi connectivity index (χ3v) is 3.66. The Hall–Kier alpha value is -1.35. The molecule has 3 atom stereocenters. The predicted octanol–water partition coefficient (Wildman–Crippen LogP) is 2.52. The summed E-state index contributed by atoms with van der Waals surface area (Å²) in [6.45, 7) is 7.81. The average molecular weight is 248 g/mol. The van der Waals surface area contributed by atoms with Crippen LogP contribution in [0.25, 0.3) is 0 Å². The van der Waals surface area contributed by atoms with E-state index in [1.54, 1.807) is 0 Å². The van der Waals surface area contributed by atoms with E-state index in [0.717, 1.165) is 24.0 Å². The Bertz CT molecular complexity index is 431. The molecule has 2 aliphatic rings. The molecule has 2 rings (SSSR count). The van der Waals surface area contributed by atoms with Crippen molar-refractivity contribution in [3.05, 3.63) is 35.5 Å². The lowest BCUT2D eigenvalue weighted by molar-refractivity contribution is -0.137. The van der Waals surface area contributed by atoms with E-state index in [1.165, 1.54) is 0 Å². The van der Waals surface area contributed by atoms with Crippen LogP contribution in [0.3, 0.4) is 0 Å². The molecule has 1 saturated heterocycles. The van der Waals surface area contributed by atoms with E-state index in [1.807, 2.05) is 26.0 Å². The van der Waals surface area contributed by atoms with Gasteiger partial charge in [-0.1, -0.05) is 23.8 Å². The number of rotatable bonds is 0. The predicted molar refractivity (Wildman–Crippen MR) is 69.9 cm³/mol. The van der Waals surface area contributed by atoms with Crippen molar-refractivity contribution in [2.75, 3.05) is 0 Å². The van der Waals surface area contributed by atoms with Crippen LogP contribution in [0.5, 0.6) is 0 Å². The summed E-state index contributed by atoms with van der Waals surface area (Å²) in [5, 5.41) is 9.87. The van der Waals surface area contributed by atoms with Crippen LogP contribution in [0, 0.1) is 5.92 Å². The molecule has 1 heterocycles. The molecule has 3 heteroatoms. The monoisotopic (exact) mass is 248 g/mol. The summed E-state index contributed by atoms with van der Waals surface area (Å²) in [7, 11) is 0. The lowest BCUT2D eigenvalue weighted by atomic mass is 9.88. The van der Waals surface area contributed by atoms with E-state index in [4.69, 9.17) is 4.74 Å². The smallest absolute Gasteiger partial charge is 0.334 e. The molecule has 1 aliphatic carbocycles. The van der Waals surface area contributed by atoms with E-state index >= 15 is 0 Å². The standard InChI is InChI=1S/C15H20O3/c1-9-4-5-13-11(3)15(17)18-14(13)8-10(2)7-12(16)6-9/h6,8,12-14,16H,3-5,7H2,1-2H3/b9-6-,10-8-/t12-,13+,14+/m1/s1. The Labute approximate surface area is 108 Å². The average Bonchev–Trinajstić information content (AvgIpc) is 2.51. The summed E-state index contributed by atoms with van der Waals surface area (Å²) in [6.07, 6.45) is 5.50. The van der Waals surface area contributed by atoms with Gasteiger partial charge in [-0.05, 0) is 39.2 Å². The van der Waals surface area contributed by atoms with Gasteiger partial charge in [0, 0.05) is 11.5 Å². The Morgan fingerprint density at radius 1 is 1.33 bits per heavy atom. The van der Waals surface area contributed by atoms with Crippen LogP contribution in [-0.2, 0) is 9.53 Å². The molecule has 1 aliphatic heterocycles. The third kappa shape index (κ3) is 2.72. The summed E-state index contributed by atoms with van der Waals surface area (Å²) in [5.41, 5.74) is 2.78. The molecule has 18 heavy (non-hydrogen) atoms. The molecule has 1 fully saturated rings. The van der Waals surface area contributed by atoms with Crippen molar-refractivity contribution >= 4 is 5.97 Å². The minimum atomic E-state index is -0.446. The second kappa shape index (κ2) is 5.11. The maximum Gasteiger partial charge on any atom is 0.334 e. The van der Waals surface area contributed by atoms with Crippen LogP contribution in [0.4, 0.5) is 0 Å². The fourth-order valence-electron chi connectivity index (χ4n) is 2.65. The van der Waals surface area contributed by atoms with Crippen LogP contribution in [0.15, 0.2) is 35.5 Å². The van der Waals surface area contributed by atoms with E-state index in [-0.39, 0.29) is 18.0 Å². The molecule has 0 amide bonds. The molecule has 3 nitrogen and oxygen atoms in total. The van der Waals surface area contributed by atoms with Crippen molar-refractivity contribution in [1.29, 1.82) is 0 Å². The Morgan fingerprint density at radius 2 is 2.06 bits per heavy atom. The van der Waals surface area contributed by atoms with Gasteiger partial charge in [0.2, 0.25) is 0 Å². The van der Waals surface area contributed by atoms with Crippen molar-refractivity contribution in [1.82, 2.24) is 0 Å². The molecular weight excluding hydrogens is 228 g/mol. The molecule has 1 N–H and O–H groups in total. The van der Waals surface area contributed by atoms with Gasteiger partial charge in [0.25, 0.3) is 0 Å². The van der Waals surface area contributed by atoms with Gasteiger partial charge >= 0.3 is 5.97 Å². The zero-order valence-corrected chi connectivity index (χ0v) is 11.0. The highest BCUT2D eigenvalue weighted by Gasteiger charge is 2.37. The van der Waals surface area contributed by atoms with Gasteiger partial charge in [-0.2, -0.15) is 0 Å². The summed E-state index contributed by atoms with van der Waals surface area (Å²) >= 11 is 0. The first-order valence-corrected chi connectivity index (χ1v) is 6.40. The van der Waals surface area contributed by atoms with Crippen LogP contribution in [0.1, 0.15) is 33.1 Å². The highest BCUT2D eigenvalue weighted by Crippen LogP contribution is 2.34. The van der Waals surface area contributed by atoms with E-state index in [2.05, 4.69) is 6.58 Å². The summed E-state index contributed by atoms with van der Waals surface area (Å²) in [6, 6.07) is 0. The van der Waals surface area contributed by atoms with Gasteiger partial charge in [-0.25, -0.2) is 4.79 Å². The van der Waals surface area contributed by atoms with Crippen molar-refractivity contribution in [2.45, 2.75) is 45.3 Å². The summed E-state index contributed by atoms with van der Waals surface area (Å²) in [4.78, 5) is 11.6. The van der Waals surface area contributed by atoms with Gasteiger partial charge in [-0.3, -0.25) is 0 Å². The van der Waals surface area contributed by atoms with Gasteiger partial charge < -0.3 is 9.84 Å². The number of ether oxygens (including phenoxy) is 1. The lowest BCUT2D eigenvalue weighted by Gasteiger charge is -2.18. The fraction of sp³-hybridized carbons (Fsp3) is 0.533. The number of fused-ring (bicyclic) bond motifs is 1. The number of hydrogen-bond acceptors (Lipinski definition) is 3. The Kier molecular flexibility index (Phi) is 3.71. The van der Waals surface area contributed by atoms with Crippen molar-refractivity contribution in [2.24, 2.45) is 5.92 Å². The normalized spacial score (nSPS) is 39.2. The maximum atomic E-state index is 11.6. The van der Waals surface area contributed by atoms with Crippen LogP contribution in [-0.4, -0.2) is 23.3 Å². The molecule has 0 unspecified atom stereocenters. The van der Waals surface area contributed by atoms with E-state index < -0.39 is 6.10 Å². The Balaban J connectivity index is 2.27. The first kappa shape index (κ1) is 13.1. The molecule has 0 bridgehead atoms. The highest BCUT2D eigenvalue weighted by molar-refractivity contribution is 5.91. The molecule has 0 saturated carbocycles. The largest absolute Gasteiger partial charge is 0.454 e. The van der Waals surface area contributed by atoms with Crippen molar-refractivity contribution in [3.63, 3.8) is 0 Å². The zero-order valence-electron chi connectivity index (χ0n) is 11.0. The second-order valence-corrected chi connectivity index (χ2v) is 5.34. The number of hydrogen-bond donors (Lipinski definition) is 1. The fourth-order valence-corrected chi connectivity index (χ4v) is 2.65. The molecule has 0 spiro atoms. The van der Waals surface area contributed by atoms with Crippen LogP contribution < -0.4 is 0 Å². The van der Waals surface area contributed by atoms with Crippen LogP contribution in [0.2, 0.25) is 0 Å². The molecule has 0 aromatic rings. The van der Waals surface area contributed by atoms with Crippen LogP contribution >= 0.6 is 0 Å². The number of carbonyl (C=O) groups is 1. The Morgan fingerprint density at radius 3 is 2.78 bits per heavy atom. The lowest BCUT2D eigenvalue weighted by Crippen LogP contribution is -2.17. The topological polar surface area (TPSA) is 46.5 Å². The number of esters is 1. The van der Waals surface area contributed by atoms with Gasteiger partial charge in [0.1, 0.15) is 6.10 Å². The summed E-state index contributed by atoms with van der Waals surface area (Å²) in [5.74, 6) is -0.207. The first-order valence-electron chi connectivity index (χ1n) is 6.40. The van der Waals surface area contributed by atoms with Gasteiger partial charge in [0.05, 0.1) is 6.10 Å². The number of carbonyl (C=O) groups excluding carboxylic acids is 1. The first-order chi connectivity index (χ1) is 8.47. The minimum absolute atomic E-state index is 0.0750. The van der Waals surface area contributed by atoms with Gasteiger partial charge in [-0.15, -0.1) is 0 Å². The van der Waals surface area contributed by atoms with E-state index in [9.17, 15) is 9.90 Å². The number of aliphatic hydroxyl groups is 1. The summed E-state index contributed by atoms with van der Waals surface area (Å²) < 4.78 is 5.33. The van der Waals surface area contributed by atoms with Crippen molar-refractivity contribution in [3.8, 4) is 0 Å². The van der Waals surface area contributed by atoms with Gasteiger partial charge in [0.15, 0.2) is 0 Å². The van der Waals surface area contributed by atoms with E-state index in [0.29, 0.717) is 12.0 Å². The highest BCUT2D eigenvalue weighted by atomic mass is 16.5. The number of aliphatic hydroxyl groups excluding tert-OH is 1. The molecule has 98 valence electrons. The van der Waals surface area contributed by atoms with Crippen molar-refractivity contribution < 1.29 is 14.6 Å². The maximum absolute atomic E-state index is 11.6. The molecular formula is C15H20O3. The number of allylic oxidation sites excluding steroid dienone is 1. The molecule has 0 aromatic heterocycles. The minimum Gasteiger partial charge on any atom is -0.454 e. The quantitative estimate of drug-likeness (QED) is 0.407. The molecule has 0 radical (unpaired) electrons. The SMILES string of the molecule is C=C1C(=O)O[C@H]2/C=C(/C)C[C@H](O)/C=C(/C)CC[C@@H]12. The molecule has 0 aromatic carbocycles.